The molecular formula is C14H23NO2. The van der Waals surface area contributed by atoms with Gasteiger partial charge in [-0.05, 0) is 37.8 Å². The molecular weight excluding hydrogens is 214 g/mol. The Labute approximate surface area is 104 Å². The van der Waals surface area contributed by atoms with Gasteiger partial charge in [0.15, 0.2) is 0 Å². The molecule has 3 nitrogen and oxygen atoms in total. The molecule has 0 unspecified atom stereocenters. The Balaban J connectivity index is 3.08. The number of hydrogen-bond acceptors (Lipinski definition) is 2. The molecule has 1 N–H and O–H groups in total. The molecule has 0 aliphatic carbocycles. The Kier molecular flexibility index (Phi) is 5.26. The minimum absolute atomic E-state index is 0.221. The number of carbonyl (C=O) groups is 1. The monoisotopic (exact) mass is 237 g/mol. The van der Waals surface area contributed by atoms with Crippen molar-refractivity contribution in [2.24, 2.45) is 0 Å². The molecule has 1 aromatic heterocycles. The van der Waals surface area contributed by atoms with E-state index < -0.39 is 0 Å². The van der Waals surface area contributed by atoms with Gasteiger partial charge in [-0.25, -0.2) is 4.79 Å². The highest BCUT2D eigenvalue weighted by Crippen LogP contribution is 2.22. The second kappa shape index (κ2) is 6.48. The fourth-order valence-corrected chi connectivity index (χ4v) is 2.13. The molecule has 3 heteroatoms. The Bertz CT molecular complexity index is 380. The first-order chi connectivity index (χ1) is 8.15. The molecule has 0 aliphatic heterocycles. The van der Waals surface area contributed by atoms with E-state index in [1.807, 2.05) is 6.92 Å². The van der Waals surface area contributed by atoms with Gasteiger partial charge in [0.2, 0.25) is 0 Å². The lowest BCUT2D eigenvalue weighted by Crippen LogP contribution is -2.08. The number of rotatable bonds is 6. The molecule has 0 bridgehead atoms. The molecule has 0 radical (unpaired) electrons. The number of H-pyrrole nitrogens is 1. The highest BCUT2D eigenvalue weighted by atomic mass is 16.5. The third kappa shape index (κ3) is 3.11. The summed E-state index contributed by atoms with van der Waals surface area (Å²) in [5.41, 5.74) is 4.21. The van der Waals surface area contributed by atoms with Crippen molar-refractivity contribution >= 4 is 5.97 Å². The van der Waals surface area contributed by atoms with E-state index in [1.54, 1.807) is 0 Å². The summed E-state index contributed by atoms with van der Waals surface area (Å²) in [5.74, 6) is -0.221. The molecule has 96 valence electrons. The van der Waals surface area contributed by atoms with Gasteiger partial charge in [0, 0.05) is 5.69 Å². The largest absolute Gasteiger partial charge is 0.461 e. The first kappa shape index (κ1) is 13.8. The third-order valence-corrected chi connectivity index (χ3v) is 2.96. The van der Waals surface area contributed by atoms with E-state index >= 15 is 0 Å². The second-order valence-corrected chi connectivity index (χ2v) is 4.30. The molecule has 0 aliphatic rings. The van der Waals surface area contributed by atoms with E-state index in [9.17, 15) is 4.79 Å². The molecule has 17 heavy (non-hydrogen) atoms. The predicted octanol–water partition coefficient (Wildman–Crippen LogP) is 3.40. The van der Waals surface area contributed by atoms with Crippen LogP contribution in [-0.2, 0) is 17.6 Å². The van der Waals surface area contributed by atoms with E-state index in [1.165, 1.54) is 11.3 Å². The lowest BCUT2D eigenvalue weighted by Gasteiger charge is -2.03. The van der Waals surface area contributed by atoms with Crippen LogP contribution in [0.4, 0.5) is 0 Å². The zero-order valence-electron chi connectivity index (χ0n) is 11.4. The highest BCUT2D eigenvalue weighted by Gasteiger charge is 2.19. The van der Waals surface area contributed by atoms with Gasteiger partial charge >= 0.3 is 5.97 Å². The molecule has 0 atom stereocenters. The number of aryl methyl sites for hydroxylation is 1. The fraction of sp³-hybridized carbons (Fsp3) is 0.643. The van der Waals surface area contributed by atoms with Gasteiger partial charge in [0.1, 0.15) is 5.69 Å². The Hall–Kier alpha value is -1.25. The zero-order valence-corrected chi connectivity index (χ0v) is 11.4. The number of nitrogens with one attached hydrogen (secondary N) is 1. The summed E-state index contributed by atoms with van der Waals surface area (Å²) in [4.78, 5) is 15.1. The number of hydrogen-bond donors (Lipinski definition) is 1. The van der Waals surface area contributed by atoms with E-state index in [-0.39, 0.29) is 5.97 Å². The van der Waals surface area contributed by atoms with Crippen LogP contribution in [0.2, 0.25) is 0 Å². The van der Waals surface area contributed by atoms with Gasteiger partial charge in [-0.15, -0.1) is 0 Å². The average Bonchev–Trinajstić information content (AvgIpc) is 2.59. The first-order valence-electron chi connectivity index (χ1n) is 6.53. The molecule has 0 aromatic carbocycles. The van der Waals surface area contributed by atoms with Crippen LogP contribution in [0.3, 0.4) is 0 Å². The van der Waals surface area contributed by atoms with Crippen molar-refractivity contribution < 1.29 is 9.53 Å². The Morgan fingerprint density at radius 2 is 1.82 bits per heavy atom. The van der Waals surface area contributed by atoms with Gasteiger partial charge in [-0.3, -0.25) is 0 Å². The molecule has 1 rings (SSSR count). The van der Waals surface area contributed by atoms with Crippen molar-refractivity contribution in [1.29, 1.82) is 0 Å². The lowest BCUT2D eigenvalue weighted by molar-refractivity contribution is 0.0518. The van der Waals surface area contributed by atoms with Crippen LogP contribution in [0.15, 0.2) is 0 Å². The molecule has 0 saturated carbocycles. The predicted molar refractivity (Wildman–Crippen MR) is 69.5 cm³/mol. The van der Waals surface area contributed by atoms with Crippen LogP contribution in [0.25, 0.3) is 0 Å². The first-order valence-corrected chi connectivity index (χ1v) is 6.53. The van der Waals surface area contributed by atoms with E-state index in [4.69, 9.17) is 4.74 Å². The molecule has 0 fully saturated rings. The van der Waals surface area contributed by atoms with Gasteiger partial charge in [-0.2, -0.15) is 0 Å². The number of aromatic amines is 1. The van der Waals surface area contributed by atoms with Crippen LogP contribution < -0.4 is 0 Å². The SMILES string of the molecule is CCCc1[nH]c(C(=O)OCC)c(CCC)c1C. The van der Waals surface area contributed by atoms with Crippen molar-refractivity contribution in [3.05, 3.63) is 22.5 Å². The van der Waals surface area contributed by atoms with E-state index in [0.717, 1.165) is 31.2 Å². The smallest absolute Gasteiger partial charge is 0.355 e. The number of ether oxygens (including phenoxy) is 1. The Morgan fingerprint density at radius 1 is 1.18 bits per heavy atom. The van der Waals surface area contributed by atoms with Crippen molar-refractivity contribution in [2.45, 2.75) is 53.4 Å². The van der Waals surface area contributed by atoms with Crippen molar-refractivity contribution in [2.75, 3.05) is 6.61 Å². The Morgan fingerprint density at radius 3 is 2.35 bits per heavy atom. The van der Waals surface area contributed by atoms with Crippen molar-refractivity contribution in [3.8, 4) is 0 Å². The average molecular weight is 237 g/mol. The van der Waals surface area contributed by atoms with Crippen LogP contribution >= 0.6 is 0 Å². The number of aromatic nitrogens is 1. The lowest BCUT2D eigenvalue weighted by atomic mass is 10.0. The van der Waals surface area contributed by atoms with Gasteiger partial charge < -0.3 is 9.72 Å². The normalized spacial score (nSPS) is 10.6. The highest BCUT2D eigenvalue weighted by molar-refractivity contribution is 5.90. The van der Waals surface area contributed by atoms with Gasteiger partial charge in [0.25, 0.3) is 0 Å². The van der Waals surface area contributed by atoms with Crippen LogP contribution in [0.1, 0.15) is 60.9 Å². The molecule has 0 amide bonds. The quantitative estimate of drug-likeness (QED) is 0.770. The van der Waals surface area contributed by atoms with E-state index in [2.05, 4.69) is 25.8 Å². The van der Waals surface area contributed by atoms with E-state index in [0.29, 0.717) is 12.3 Å². The summed E-state index contributed by atoms with van der Waals surface area (Å²) >= 11 is 0. The number of carbonyl (C=O) groups excluding carboxylic acids is 1. The summed E-state index contributed by atoms with van der Waals surface area (Å²) < 4.78 is 5.09. The van der Waals surface area contributed by atoms with Gasteiger partial charge in [0.05, 0.1) is 6.61 Å². The van der Waals surface area contributed by atoms with Crippen molar-refractivity contribution in [1.82, 2.24) is 4.98 Å². The zero-order chi connectivity index (χ0) is 12.8. The fourth-order valence-electron chi connectivity index (χ4n) is 2.13. The molecule has 0 spiro atoms. The van der Waals surface area contributed by atoms with Crippen molar-refractivity contribution in [3.63, 3.8) is 0 Å². The van der Waals surface area contributed by atoms with Crippen LogP contribution in [0.5, 0.6) is 0 Å². The van der Waals surface area contributed by atoms with Crippen LogP contribution in [0, 0.1) is 6.92 Å². The summed E-state index contributed by atoms with van der Waals surface area (Å²) in [6, 6.07) is 0. The maximum atomic E-state index is 11.9. The molecule has 1 heterocycles. The van der Waals surface area contributed by atoms with Crippen LogP contribution in [-0.4, -0.2) is 17.6 Å². The number of esters is 1. The van der Waals surface area contributed by atoms with Gasteiger partial charge in [-0.1, -0.05) is 26.7 Å². The molecule has 1 aromatic rings. The molecule has 0 saturated heterocycles. The topological polar surface area (TPSA) is 42.1 Å². The minimum Gasteiger partial charge on any atom is -0.461 e. The maximum absolute atomic E-state index is 11.9. The summed E-state index contributed by atoms with van der Waals surface area (Å²) in [7, 11) is 0. The second-order valence-electron chi connectivity index (χ2n) is 4.30. The summed E-state index contributed by atoms with van der Waals surface area (Å²) in [6.45, 7) is 8.62. The summed E-state index contributed by atoms with van der Waals surface area (Å²) in [5, 5.41) is 0. The minimum atomic E-state index is -0.221. The standard InChI is InChI=1S/C14H23NO2/c1-5-8-11-10(4)12(9-6-2)15-13(11)14(16)17-7-3/h15H,5-9H2,1-4H3. The third-order valence-electron chi connectivity index (χ3n) is 2.96. The summed E-state index contributed by atoms with van der Waals surface area (Å²) in [6.07, 6.45) is 4.04. The maximum Gasteiger partial charge on any atom is 0.355 e.